The Kier molecular flexibility index (Phi) is 4.99. The van der Waals surface area contributed by atoms with Crippen molar-refractivity contribution < 1.29 is 18.0 Å². The van der Waals surface area contributed by atoms with Crippen LogP contribution in [0.2, 0.25) is 0 Å². The molecule has 9 heteroatoms. The lowest BCUT2D eigenvalue weighted by Gasteiger charge is -2.17. The van der Waals surface area contributed by atoms with Crippen molar-refractivity contribution in [3.63, 3.8) is 0 Å². The van der Waals surface area contributed by atoms with E-state index in [4.69, 9.17) is 0 Å². The van der Waals surface area contributed by atoms with Crippen LogP contribution in [0.4, 0.5) is 13.2 Å². The van der Waals surface area contributed by atoms with Crippen LogP contribution in [-0.4, -0.2) is 20.5 Å². The Balaban J connectivity index is 1.88. The summed E-state index contributed by atoms with van der Waals surface area (Å²) in [6, 6.07) is 4.51. The summed E-state index contributed by atoms with van der Waals surface area (Å²) in [4.78, 5) is 12.5. The molecular formula is C17H14BrF3N4O. The first kappa shape index (κ1) is 18.4. The quantitative estimate of drug-likeness (QED) is 0.673. The molecule has 0 fully saturated rings. The number of rotatable bonds is 4. The van der Waals surface area contributed by atoms with Crippen molar-refractivity contribution in [3.8, 4) is 0 Å². The Hall–Kier alpha value is -2.42. The molecule has 136 valence electrons. The summed E-state index contributed by atoms with van der Waals surface area (Å²) in [6.07, 6.45) is -1.36. The van der Waals surface area contributed by atoms with Crippen molar-refractivity contribution >= 4 is 27.5 Å². The number of halogens is 4. The SMILES string of the molecule is Cc1nnc2c(Br)cc(C(=O)N[C@H](C)c3cccc(C(F)F)c3F)cn12. The minimum atomic E-state index is -2.92. The van der Waals surface area contributed by atoms with Gasteiger partial charge in [-0.25, -0.2) is 13.2 Å². The van der Waals surface area contributed by atoms with Gasteiger partial charge in [0.25, 0.3) is 12.3 Å². The van der Waals surface area contributed by atoms with E-state index in [9.17, 15) is 18.0 Å². The van der Waals surface area contributed by atoms with Gasteiger partial charge in [-0.15, -0.1) is 10.2 Å². The van der Waals surface area contributed by atoms with Crippen molar-refractivity contribution in [1.82, 2.24) is 19.9 Å². The van der Waals surface area contributed by atoms with Gasteiger partial charge in [0.1, 0.15) is 11.6 Å². The van der Waals surface area contributed by atoms with Crippen LogP contribution < -0.4 is 5.32 Å². The molecule has 0 spiro atoms. The lowest BCUT2D eigenvalue weighted by Crippen LogP contribution is -2.27. The molecule has 2 aromatic heterocycles. The fourth-order valence-electron chi connectivity index (χ4n) is 2.62. The Morgan fingerprint density at radius 1 is 1.27 bits per heavy atom. The van der Waals surface area contributed by atoms with Crippen LogP contribution in [0.15, 0.2) is 34.9 Å². The first-order valence-corrected chi connectivity index (χ1v) is 8.47. The van der Waals surface area contributed by atoms with E-state index < -0.39 is 29.8 Å². The van der Waals surface area contributed by atoms with Gasteiger partial charge in [0.2, 0.25) is 0 Å². The van der Waals surface area contributed by atoms with E-state index in [2.05, 4.69) is 31.4 Å². The van der Waals surface area contributed by atoms with Crippen LogP contribution in [0.3, 0.4) is 0 Å². The lowest BCUT2D eigenvalue weighted by atomic mass is 10.0. The number of benzene rings is 1. The zero-order chi connectivity index (χ0) is 19.0. The summed E-state index contributed by atoms with van der Waals surface area (Å²) in [6.45, 7) is 3.27. The Labute approximate surface area is 155 Å². The van der Waals surface area contributed by atoms with Crippen LogP contribution in [0.5, 0.6) is 0 Å². The van der Waals surface area contributed by atoms with Crippen LogP contribution in [0, 0.1) is 12.7 Å². The van der Waals surface area contributed by atoms with Gasteiger partial charge in [0, 0.05) is 11.8 Å². The Morgan fingerprint density at radius 3 is 2.65 bits per heavy atom. The number of hydrogen-bond donors (Lipinski definition) is 1. The predicted molar refractivity (Wildman–Crippen MR) is 92.7 cm³/mol. The number of aromatic nitrogens is 3. The topological polar surface area (TPSA) is 59.3 Å². The maximum absolute atomic E-state index is 14.3. The minimum absolute atomic E-state index is 0.00299. The molecule has 5 nitrogen and oxygen atoms in total. The number of carbonyl (C=O) groups is 1. The van der Waals surface area contributed by atoms with Crippen LogP contribution in [0.1, 0.15) is 46.7 Å². The van der Waals surface area contributed by atoms with E-state index in [0.717, 1.165) is 6.07 Å². The zero-order valence-electron chi connectivity index (χ0n) is 13.8. The maximum Gasteiger partial charge on any atom is 0.266 e. The molecular weight excluding hydrogens is 413 g/mol. The fourth-order valence-corrected chi connectivity index (χ4v) is 3.13. The summed E-state index contributed by atoms with van der Waals surface area (Å²) in [5.74, 6) is -0.893. The van der Waals surface area contributed by atoms with Crippen molar-refractivity contribution in [2.24, 2.45) is 0 Å². The number of pyridine rings is 1. The Bertz CT molecular complexity index is 990. The van der Waals surface area contributed by atoms with Gasteiger partial charge < -0.3 is 5.32 Å². The molecule has 0 unspecified atom stereocenters. The van der Waals surface area contributed by atoms with Crippen LogP contribution in [0.25, 0.3) is 5.65 Å². The average molecular weight is 427 g/mol. The van der Waals surface area contributed by atoms with Gasteiger partial charge in [-0.2, -0.15) is 0 Å². The van der Waals surface area contributed by atoms with E-state index in [1.807, 2.05) is 0 Å². The highest BCUT2D eigenvalue weighted by Gasteiger charge is 2.21. The number of nitrogens with zero attached hydrogens (tertiary/aromatic N) is 3. The smallest absolute Gasteiger partial charge is 0.266 e. The molecule has 0 bridgehead atoms. The summed E-state index contributed by atoms with van der Waals surface area (Å²) < 4.78 is 42.2. The van der Waals surface area contributed by atoms with Crippen LogP contribution in [-0.2, 0) is 0 Å². The first-order chi connectivity index (χ1) is 12.3. The van der Waals surface area contributed by atoms with E-state index in [0.29, 0.717) is 21.5 Å². The summed E-state index contributed by atoms with van der Waals surface area (Å²) >= 11 is 3.33. The highest BCUT2D eigenvalue weighted by atomic mass is 79.9. The average Bonchev–Trinajstić information content (AvgIpc) is 2.96. The number of amides is 1. The van der Waals surface area contributed by atoms with Gasteiger partial charge in [-0.05, 0) is 35.8 Å². The molecule has 0 saturated carbocycles. The molecule has 0 aliphatic rings. The van der Waals surface area contributed by atoms with Crippen molar-refractivity contribution in [3.05, 3.63) is 63.3 Å². The molecule has 0 radical (unpaired) electrons. The second kappa shape index (κ2) is 7.06. The lowest BCUT2D eigenvalue weighted by molar-refractivity contribution is 0.0938. The highest BCUT2D eigenvalue weighted by Crippen LogP contribution is 2.27. The van der Waals surface area contributed by atoms with Crippen LogP contribution >= 0.6 is 15.9 Å². The first-order valence-electron chi connectivity index (χ1n) is 7.67. The number of alkyl halides is 2. The van der Waals surface area contributed by atoms with E-state index in [1.54, 1.807) is 23.6 Å². The summed E-state index contributed by atoms with van der Waals surface area (Å²) in [7, 11) is 0. The van der Waals surface area contributed by atoms with Gasteiger partial charge in [0.05, 0.1) is 21.6 Å². The number of carbonyl (C=O) groups excluding carboxylic acids is 1. The van der Waals surface area contributed by atoms with Crippen molar-refractivity contribution in [2.45, 2.75) is 26.3 Å². The molecule has 0 aliphatic heterocycles. The maximum atomic E-state index is 14.3. The van der Waals surface area contributed by atoms with E-state index >= 15 is 0 Å². The second-order valence-corrected chi connectivity index (χ2v) is 6.62. The van der Waals surface area contributed by atoms with Gasteiger partial charge in [-0.1, -0.05) is 18.2 Å². The van der Waals surface area contributed by atoms with Gasteiger partial charge >= 0.3 is 0 Å². The van der Waals surface area contributed by atoms with Crippen molar-refractivity contribution in [1.29, 1.82) is 0 Å². The third-order valence-electron chi connectivity index (χ3n) is 4.00. The molecule has 1 N–H and O–H groups in total. The van der Waals surface area contributed by atoms with Gasteiger partial charge in [-0.3, -0.25) is 9.20 Å². The third-order valence-corrected chi connectivity index (χ3v) is 4.58. The van der Waals surface area contributed by atoms with Crippen molar-refractivity contribution in [2.75, 3.05) is 0 Å². The van der Waals surface area contributed by atoms with E-state index in [-0.39, 0.29) is 5.56 Å². The normalized spacial score (nSPS) is 12.6. The monoisotopic (exact) mass is 426 g/mol. The molecule has 1 amide bonds. The summed E-state index contributed by atoms with van der Waals surface area (Å²) in [5, 5.41) is 10.5. The molecule has 2 heterocycles. The number of nitrogens with one attached hydrogen (secondary N) is 1. The summed E-state index contributed by atoms with van der Waals surface area (Å²) in [5.41, 5.74) is 0.164. The molecule has 1 atom stereocenters. The zero-order valence-corrected chi connectivity index (χ0v) is 15.4. The molecule has 1 aromatic carbocycles. The molecule has 3 aromatic rings. The largest absolute Gasteiger partial charge is 0.345 e. The predicted octanol–water partition coefficient (Wildman–Crippen LogP) is 4.37. The number of fused-ring (bicyclic) bond motifs is 1. The fraction of sp³-hybridized carbons (Fsp3) is 0.235. The molecule has 0 saturated heterocycles. The number of hydrogen-bond acceptors (Lipinski definition) is 3. The van der Waals surface area contributed by atoms with Gasteiger partial charge in [0.15, 0.2) is 5.65 Å². The standard InChI is InChI=1S/C17H14BrF3N4O/c1-8(11-4-3-5-12(14(11)19)15(20)21)22-17(26)10-6-13(18)16-24-23-9(2)25(16)7-10/h3-8,15H,1-2H3,(H,22,26)/t8-/m1/s1. The second-order valence-electron chi connectivity index (χ2n) is 5.76. The minimum Gasteiger partial charge on any atom is -0.345 e. The molecule has 3 rings (SSSR count). The molecule has 26 heavy (non-hydrogen) atoms. The molecule has 0 aliphatic carbocycles. The Morgan fingerprint density at radius 2 is 1.96 bits per heavy atom. The van der Waals surface area contributed by atoms with E-state index in [1.165, 1.54) is 19.1 Å². The third kappa shape index (κ3) is 3.31. The highest BCUT2D eigenvalue weighted by molar-refractivity contribution is 9.10. The number of aryl methyl sites for hydroxylation is 1.